The molecule has 0 unspecified atom stereocenters. The standard InChI is InChI=1S/C22H20ClN5O/c1-16-12-21(26-28(16)15-19-7-2-3-9-20(19)23)25-22(29)18-8-4-6-17(13-18)14-27-11-5-10-24-27/h2-13H,14-15H2,1H3,(H,25,26,29). The Labute approximate surface area is 173 Å². The fourth-order valence-corrected chi connectivity index (χ4v) is 3.30. The maximum Gasteiger partial charge on any atom is 0.256 e. The lowest BCUT2D eigenvalue weighted by atomic mass is 10.1. The summed E-state index contributed by atoms with van der Waals surface area (Å²) < 4.78 is 3.64. The number of aromatic nitrogens is 4. The smallest absolute Gasteiger partial charge is 0.256 e. The first-order valence-corrected chi connectivity index (χ1v) is 9.62. The van der Waals surface area contributed by atoms with Crippen molar-refractivity contribution in [3.05, 3.63) is 100 Å². The normalized spacial score (nSPS) is 10.8. The molecule has 1 N–H and O–H groups in total. The summed E-state index contributed by atoms with van der Waals surface area (Å²) in [7, 11) is 0. The number of carbonyl (C=O) groups is 1. The molecule has 2 aromatic heterocycles. The van der Waals surface area contributed by atoms with E-state index in [1.165, 1.54) is 0 Å². The summed E-state index contributed by atoms with van der Waals surface area (Å²) in [6.07, 6.45) is 3.62. The van der Waals surface area contributed by atoms with Gasteiger partial charge in [-0.05, 0) is 42.3 Å². The minimum Gasteiger partial charge on any atom is -0.305 e. The van der Waals surface area contributed by atoms with Crippen LogP contribution in [0.4, 0.5) is 5.82 Å². The highest BCUT2D eigenvalue weighted by molar-refractivity contribution is 6.31. The van der Waals surface area contributed by atoms with E-state index in [2.05, 4.69) is 15.5 Å². The van der Waals surface area contributed by atoms with Crippen molar-refractivity contribution >= 4 is 23.3 Å². The number of carbonyl (C=O) groups excluding carboxylic acids is 1. The van der Waals surface area contributed by atoms with Crippen molar-refractivity contribution in [1.29, 1.82) is 0 Å². The van der Waals surface area contributed by atoms with Gasteiger partial charge in [0.05, 0.1) is 13.1 Å². The molecule has 2 heterocycles. The molecular formula is C22H20ClN5O. The average Bonchev–Trinajstić information content (AvgIpc) is 3.33. The van der Waals surface area contributed by atoms with Crippen LogP contribution in [0, 0.1) is 6.92 Å². The van der Waals surface area contributed by atoms with Crippen molar-refractivity contribution in [2.45, 2.75) is 20.0 Å². The van der Waals surface area contributed by atoms with Crippen LogP contribution < -0.4 is 5.32 Å². The van der Waals surface area contributed by atoms with Crippen LogP contribution in [0.25, 0.3) is 0 Å². The Morgan fingerprint density at radius 1 is 1.07 bits per heavy atom. The summed E-state index contributed by atoms with van der Waals surface area (Å²) in [5, 5.41) is 12.3. The largest absolute Gasteiger partial charge is 0.305 e. The molecule has 0 spiro atoms. The van der Waals surface area contributed by atoms with Crippen molar-refractivity contribution in [3.63, 3.8) is 0 Å². The van der Waals surface area contributed by atoms with E-state index in [9.17, 15) is 4.79 Å². The van der Waals surface area contributed by atoms with Crippen molar-refractivity contribution in [3.8, 4) is 0 Å². The van der Waals surface area contributed by atoms with Gasteiger partial charge < -0.3 is 5.32 Å². The number of amides is 1. The molecule has 0 aliphatic heterocycles. The van der Waals surface area contributed by atoms with Crippen LogP contribution in [0.2, 0.25) is 5.02 Å². The van der Waals surface area contributed by atoms with Crippen molar-refractivity contribution in [2.24, 2.45) is 0 Å². The highest BCUT2D eigenvalue weighted by Crippen LogP contribution is 2.18. The molecule has 2 aromatic carbocycles. The number of nitrogens with zero attached hydrogens (tertiary/aromatic N) is 4. The zero-order chi connectivity index (χ0) is 20.2. The monoisotopic (exact) mass is 405 g/mol. The Bertz CT molecular complexity index is 1130. The molecule has 4 aromatic rings. The molecule has 0 atom stereocenters. The van der Waals surface area contributed by atoms with Crippen molar-refractivity contribution < 1.29 is 4.79 Å². The molecule has 0 saturated carbocycles. The van der Waals surface area contributed by atoms with E-state index in [1.54, 1.807) is 12.3 Å². The van der Waals surface area contributed by atoms with Gasteiger partial charge in [0.25, 0.3) is 5.91 Å². The molecule has 0 aliphatic rings. The van der Waals surface area contributed by atoms with Gasteiger partial charge in [-0.2, -0.15) is 10.2 Å². The zero-order valence-corrected chi connectivity index (χ0v) is 16.7. The second-order valence-corrected chi connectivity index (χ2v) is 7.19. The molecule has 0 radical (unpaired) electrons. The number of hydrogen-bond donors (Lipinski definition) is 1. The third kappa shape index (κ3) is 4.55. The Balaban J connectivity index is 1.47. The van der Waals surface area contributed by atoms with Gasteiger partial charge >= 0.3 is 0 Å². The van der Waals surface area contributed by atoms with E-state index in [1.807, 2.05) is 77.1 Å². The maximum absolute atomic E-state index is 12.7. The van der Waals surface area contributed by atoms with Crippen molar-refractivity contribution in [1.82, 2.24) is 19.6 Å². The van der Waals surface area contributed by atoms with E-state index < -0.39 is 0 Å². The van der Waals surface area contributed by atoms with Crippen LogP contribution in [0.1, 0.15) is 27.2 Å². The van der Waals surface area contributed by atoms with E-state index in [4.69, 9.17) is 11.6 Å². The lowest BCUT2D eigenvalue weighted by Crippen LogP contribution is -2.13. The molecule has 6 nitrogen and oxygen atoms in total. The Morgan fingerprint density at radius 3 is 2.72 bits per heavy atom. The van der Waals surface area contributed by atoms with Gasteiger partial charge in [-0.15, -0.1) is 0 Å². The van der Waals surface area contributed by atoms with Crippen LogP contribution in [0.15, 0.2) is 73.1 Å². The van der Waals surface area contributed by atoms with Gasteiger partial charge in [-0.3, -0.25) is 14.2 Å². The molecule has 146 valence electrons. The van der Waals surface area contributed by atoms with Gasteiger partial charge in [0.15, 0.2) is 5.82 Å². The quantitative estimate of drug-likeness (QED) is 0.517. The first-order valence-electron chi connectivity index (χ1n) is 9.24. The number of anilines is 1. The number of rotatable bonds is 6. The number of nitrogens with one attached hydrogen (secondary N) is 1. The number of benzene rings is 2. The molecule has 0 saturated heterocycles. The molecule has 29 heavy (non-hydrogen) atoms. The van der Waals surface area contributed by atoms with Crippen LogP contribution in [0.3, 0.4) is 0 Å². The average molecular weight is 406 g/mol. The second-order valence-electron chi connectivity index (χ2n) is 6.78. The van der Waals surface area contributed by atoms with E-state index in [0.717, 1.165) is 16.8 Å². The lowest BCUT2D eigenvalue weighted by molar-refractivity contribution is 0.102. The lowest BCUT2D eigenvalue weighted by Gasteiger charge is -2.07. The molecule has 1 amide bonds. The van der Waals surface area contributed by atoms with Crippen LogP contribution >= 0.6 is 11.6 Å². The third-order valence-electron chi connectivity index (χ3n) is 4.59. The first-order chi connectivity index (χ1) is 14.1. The van der Waals surface area contributed by atoms with Crippen molar-refractivity contribution in [2.75, 3.05) is 5.32 Å². The number of halogens is 1. The molecule has 7 heteroatoms. The fraction of sp³-hybridized carbons (Fsp3) is 0.136. The first kappa shape index (κ1) is 19.0. The summed E-state index contributed by atoms with van der Waals surface area (Å²) in [5.41, 5.74) is 3.49. The van der Waals surface area contributed by atoms with Crippen LogP contribution in [-0.4, -0.2) is 25.5 Å². The fourth-order valence-electron chi connectivity index (χ4n) is 3.10. The van der Waals surface area contributed by atoms with Gasteiger partial charge in [-0.25, -0.2) is 0 Å². The van der Waals surface area contributed by atoms with Gasteiger partial charge in [0.2, 0.25) is 0 Å². The van der Waals surface area contributed by atoms with E-state index in [-0.39, 0.29) is 5.91 Å². The predicted molar refractivity (Wildman–Crippen MR) is 113 cm³/mol. The van der Waals surface area contributed by atoms with Crippen LogP contribution in [0.5, 0.6) is 0 Å². The third-order valence-corrected chi connectivity index (χ3v) is 4.96. The molecular weight excluding hydrogens is 386 g/mol. The summed E-state index contributed by atoms with van der Waals surface area (Å²) in [6.45, 7) is 3.10. The topological polar surface area (TPSA) is 64.7 Å². The van der Waals surface area contributed by atoms with Gasteiger partial charge in [-0.1, -0.05) is 41.9 Å². The number of hydrogen-bond acceptors (Lipinski definition) is 3. The molecule has 0 fully saturated rings. The summed E-state index contributed by atoms with van der Waals surface area (Å²) in [6, 6.07) is 18.9. The predicted octanol–water partition coefficient (Wildman–Crippen LogP) is 4.39. The Hall–Kier alpha value is -3.38. The minimum atomic E-state index is -0.199. The Morgan fingerprint density at radius 2 is 1.93 bits per heavy atom. The second kappa shape index (κ2) is 8.32. The van der Waals surface area contributed by atoms with E-state index >= 15 is 0 Å². The van der Waals surface area contributed by atoms with Gasteiger partial charge in [0, 0.05) is 34.7 Å². The summed E-state index contributed by atoms with van der Waals surface area (Å²) >= 11 is 6.25. The minimum absolute atomic E-state index is 0.199. The van der Waals surface area contributed by atoms with E-state index in [0.29, 0.717) is 29.5 Å². The maximum atomic E-state index is 12.7. The summed E-state index contributed by atoms with van der Waals surface area (Å²) in [4.78, 5) is 12.7. The number of aryl methyl sites for hydroxylation is 1. The Kier molecular flexibility index (Phi) is 5.44. The SMILES string of the molecule is Cc1cc(NC(=O)c2cccc(Cn3cccn3)c2)nn1Cc1ccccc1Cl. The highest BCUT2D eigenvalue weighted by Gasteiger charge is 2.12. The molecule has 0 bridgehead atoms. The van der Waals surface area contributed by atoms with Crippen LogP contribution in [-0.2, 0) is 13.1 Å². The molecule has 4 rings (SSSR count). The zero-order valence-electron chi connectivity index (χ0n) is 15.9. The highest BCUT2D eigenvalue weighted by atomic mass is 35.5. The van der Waals surface area contributed by atoms with Gasteiger partial charge in [0.1, 0.15) is 0 Å². The molecule has 0 aliphatic carbocycles. The summed E-state index contributed by atoms with van der Waals surface area (Å²) in [5.74, 6) is 0.312.